The number of rotatable bonds is 6. The molecule has 0 radical (unpaired) electrons. The molecule has 13 rings (SSSR count). The van der Waals surface area contributed by atoms with Crippen molar-refractivity contribution in [1.29, 1.82) is 0 Å². The fourth-order valence-corrected chi connectivity index (χ4v) is 10.9. The van der Waals surface area contributed by atoms with Crippen LogP contribution in [0.4, 0.5) is 17.1 Å². The van der Waals surface area contributed by atoms with Crippen molar-refractivity contribution in [1.82, 2.24) is 0 Å². The van der Waals surface area contributed by atoms with Crippen LogP contribution in [0.5, 0.6) is 0 Å². The lowest BCUT2D eigenvalue weighted by atomic mass is 9.70. The van der Waals surface area contributed by atoms with Gasteiger partial charge in [-0.3, -0.25) is 0 Å². The topological polar surface area (TPSA) is 16.4 Å². The highest BCUT2D eigenvalue weighted by Crippen LogP contribution is 2.64. The molecule has 1 spiro atoms. The Kier molecular flexibility index (Phi) is 7.85. The molecule has 2 aliphatic carbocycles. The van der Waals surface area contributed by atoms with Gasteiger partial charge in [-0.2, -0.15) is 0 Å². The minimum Gasteiger partial charge on any atom is -0.455 e. The van der Waals surface area contributed by atoms with Crippen molar-refractivity contribution in [2.24, 2.45) is 0 Å². The fraction of sp³-hybridized carbons (Fsp3) is 0.0164. The van der Waals surface area contributed by atoms with Gasteiger partial charge < -0.3 is 9.32 Å². The number of hydrogen-bond donors (Lipinski definition) is 0. The lowest BCUT2D eigenvalue weighted by Crippen LogP contribution is -2.25. The molecule has 2 aliphatic rings. The molecule has 11 aromatic rings. The summed E-state index contributed by atoms with van der Waals surface area (Å²) in [5.74, 6) is 0. The lowest BCUT2D eigenvalue weighted by molar-refractivity contribution is 0.670. The number of benzene rings is 10. The quantitative estimate of drug-likeness (QED) is 0.167. The summed E-state index contributed by atoms with van der Waals surface area (Å²) in [6, 6.07) is 86.2. The molecule has 0 amide bonds. The van der Waals surface area contributed by atoms with Crippen LogP contribution < -0.4 is 4.90 Å². The molecule has 1 heterocycles. The van der Waals surface area contributed by atoms with E-state index in [1.54, 1.807) is 0 Å². The van der Waals surface area contributed by atoms with Gasteiger partial charge in [0.15, 0.2) is 0 Å². The second kappa shape index (κ2) is 13.9. The Balaban J connectivity index is 1.05. The maximum Gasteiger partial charge on any atom is 0.145 e. The third-order valence-electron chi connectivity index (χ3n) is 13.5. The Morgan fingerprint density at radius 3 is 1.38 bits per heavy atom. The summed E-state index contributed by atoms with van der Waals surface area (Å²) >= 11 is 0. The first kappa shape index (κ1) is 35.5. The predicted octanol–water partition coefficient (Wildman–Crippen LogP) is 16.4. The van der Waals surface area contributed by atoms with Gasteiger partial charge >= 0.3 is 0 Å². The van der Waals surface area contributed by atoms with E-state index < -0.39 is 5.41 Å². The summed E-state index contributed by atoms with van der Waals surface area (Å²) in [7, 11) is 0. The van der Waals surface area contributed by atoms with Crippen LogP contribution in [-0.4, -0.2) is 0 Å². The minimum absolute atomic E-state index is 0.434. The van der Waals surface area contributed by atoms with Crippen LogP contribution in [0, 0.1) is 0 Å². The van der Waals surface area contributed by atoms with Crippen LogP contribution in [-0.2, 0) is 5.41 Å². The van der Waals surface area contributed by atoms with E-state index in [-0.39, 0.29) is 0 Å². The Hall–Kier alpha value is -8.20. The number of anilines is 3. The molecule has 0 N–H and O–H groups in total. The van der Waals surface area contributed by atoms with Crippen molar-refractivity contribution in [3.8, 4) is 55.6 Å². The van der Waals surface area contributed by atoms with E-state index in [0.717, 1.165) is 44.6 Å². The largest absolute Gasteiger partial charge is 0.455 e. The second-order valence-electron chi connectivity index (χ2n) is 16.7. The second-order valence-corrected chi connectivity index (χ2v) is 16.7. The van der Waals surface area contributed by atoms with Crippen molar-refractivity contribution in [2.75, 3.05) is 4.90 Å². The van der Waals surface area contributed by atoms with Crippen molar-refractivity contribution >= 4 is 39.0 Å². The molecule has 2 heteroatoms. The molecule has 0 unspecified atom stereocenters. The minimum atomic E-state index is -0.434. The average molecular weight is 802 g/mol. The van der Waals surface area contributed by atoms with E-state index in [4.69, 9.17) is 4.42 Å². The molecule has 0 saturated carbocycles. The van der Waals surface area contributed by atoms with Gasteiger partial charge in [0.2, 0.25) is 0 Å². The number of fused-ring (bicyclic) bond motifs is 13. The molecule has 0 saturated heterocycles. The SMILES string of the molecule is c1ccc(-c2ccc(N(c3ccc(-c4ccccc4)cc3)c3ccc(-c4cccc5c4-c4ccccc4C54c5ccccc5-c5ccccc54)c4oc5ccccc5c34)cc2)cc1. The highest BCUT2D eigenvalue weighted by atomic mass is 16.3. The van der Waals surface area contributed by atoms with Crippen LogP contribution >= 0.6 is 0 Å². The third kappa shape index (κ3) is 5.19. The molecule has 0 bridgehead atoms. The molecule has 10 aromatic carbocycles. The smallest absolute Gasteiger partial charge is 0.145 e. The van der Waals surface area contributed by atoms with E-state index in [1.807, 2.05) is 0 Å². The zero-order valence-corrected chi connectivity index (χ0v) is 34.4. The molecule has 0 atom stereocenters. The Morgan fingerprint density at radius 2 is 0.778 bits per heavy atom. The van der Waals surface area contributed by atoms with Gasteiger partial charge in [-0.15, -0.1) is 0 Å². The number of furan rings is 1. The van der Waals surface area contributed by atoms with Gasteiger partial charge in [-0.25, -0.2) is 0 Å². The van der Waals surface area contributed by atoms with Crippen molar-refractivity contribution < 1.29 is 4.42 Å². The van der Waals surface area contributed by atoms with Gasteiger partial charge in [0, 0.05) is 22.3 Å². The molecule has 1 aromatic heterocycles. The Morgan fingerprint density at radius 1 is 0.317 bits per heavy atom. The average Bonchev–Trinajstić information content (AvgIpc) is 4.00. The summed E-state index contributed by atoms with van der Waals surface area (Å²) < 4.78 is 7.11. The monoisotopic (exact) mass is 801 g/mol. The van der Waals surface area contributed by atoms with Gasteiger partial charge in [-0.1, -0.05) is 194 Å². The summed E-state index contributed by atoms with van der Waals surface area (Å²) in [6.45, 7) is 0. The Labute approximate surface area is 366 Å². The van der Waals surface area contributed by atoms with Crippen LogP contribution in [0.25, 0.3) is 77.6 Å². The zero-order chi connectivity index (χ0) is 41.5. The van der Waals surface area contributed by atoms with E-state index >= 15 is 0 Å². The summed E-state index contributed by atoms with van der Waals surface area (Å²) in [6.07, 6.45) is 0. The third-order valence-corrected chi connectivity index (χ3v) is 13.5. The van der Waals surface area contributed by atoms with Gasteiger partial charge in [0.05, 0.1) is 16.5 Å². The maximum absolute atomic E-state index is 7.11. The molecular weight excluding hydrogens is 763 g/mol. The molecule has 0 fully saturated rings. The van der Waals surface area contributed by atoms with E-state index in [0.29, 0.717) is 0 Å². The first-order valence-corrected chi connectivity index (χ1v) is 21.8. The van der Waals surface area contributed by atoms with E-state index in [1.165, 1.54) is 72.3 Å². The normalized spacial score (nSPS) is 12.9. The van der Waals surface area contributed by atoms with E-state index in [9.17, 15) is 0 Å². The summed E-state index contributed by atoms with van der Waals surface area (Å²) in [4.78, 5) is 2.39. The van der Waals surface area contributed by atoms with Crippen LogP contribution in [0.3, 0.4) is 0 Å². The Bertz CT molecular complexity index is 3420. The fourth-order valence-electron chi connectivity index (χ4n) is 10.9. The summed E-state index contributed by atoms with van der Waals surface area (Å²) in [5.41, 5.74) is 21.9. The van der Waals surface area contributed by atoms with Crippen LogP contribution in [0.1, 0.15) is 22.3 Å². The van der Waals surface area contributed by atoms with Crippen molar-refractivity contribution in [3.63, 3.8) is 0 Å². The van der Waals surface area contributed by atoms with Gasteiger partial charge in [0.25, 0.3) is 0 Å². The van der Waals surface area contributed by atoms with Crippen LogP contribution in [0.2, 0.25) is 0 Å². The van der Waals surface area contributed by atoms with Gasteiger partial charge in [-0.05, 0) is 115 Å². The predicted molar refractivity (Wildman–Crippen MR) is 261 cm³/mol. The van der Waals surface area contributed by atoms with Crippen molar-refractivity contribution in [2.45, 2.75) is 5.41 Å². The first-order valence-electron chi connectivity index (χ1n) is 21.8. The molecule has 63 heavy (non-hydrogen) atoms. The highest BCUT2D eigenvalue weighted by Gasteiger charge is 2.52. The zero-order valence-electron chi connectivity index (χ0n) is 34.4. The molecule has 0 aliphatic heterocycles. The first-order chi connectivity index (χ1) is 31.3. The number of hydrogen-bond acceptors (Lipinski definition) is 2. The molecule has 2 nitrogen and oxygen atoms in total. The standard InChI is InChI=1S/C61H39NO/c1-3-16-40(17-4-1)42-30-34-44(35-31-42)62(45-36-32-43(33-37-45)41-18-5-2-6-19-41)56-39-38-49(60-59(56)51-23-10-14-29-57(51)63-60)48-24-15-28-55-58(48)50-22-9-13-27-54(50)61(55)52-25-11-7-20-46(52)47-21-8-12-26-53(47)61/h1-39H. The van der Waals surface area contributed by atoms with Crippen LogP contribution in [0.15, 0.2) is 241 Å². The molecular formula is C61H39NO. The maximum atomic E-state index is 7.11. The molecule has 294 valence electrons. The van der Waals surface area contributed by atoms with Crippen molar-refractivity contribution in [3.05, 3.63) is 259 Å². The number of para-hydroxylation sites is 1. The van der Waals surface area contributed by atoms with Gasteiger partial charge in [0.1, 0.15) is 11.2 Å². The van der Waals surface area contributed by atoms with E-state index in [2.05, 4.69) is 241 Å². The number of nitrogens with zero attached hydrogens (tertiary/aromatic N) is 1. The summed E-state index contributed by atoms with van der Waals surface area (Å²) in [5, 5.41) is 2.16. The lowest BCUT2D eigenvalue weighted by Gasteiger charge is -2.30. The highest BCUT2D eigenvalue weighted by molar-refractivity contribution is 6.18.